The lowest BCUT2D eigenvalue weighted by molar-refractivity contribution is -0.119. The van der Waals surface area contributed by atoms with Crippen molar-refractivity contribution in [2.24, 2.45) is 11.8 Å². The van der Waals surface area contributed by atoms with Gasteiger partial charge in [-0.15, -0.1) is 11.3 Å². The van der Waals surface area contributed by atoms with Crippen molar-refractivity contribution in [3.05, 3.63) is 26.4 Å². The molecule has 0 aliphatic heterocycles. The lowest BCUT2D eigenvalue weighted by Gasteiger charge is -2.15. The molecular weight excluding hydrogens is 308 g/mol. The molecule has 0 bridgehead atoms. The van der Waals surface area contributed by atoms with Crippen molar-refractivity contribution in [2.45, 2.75) is 38.5 Å². The van der Waals surface area contributed by atoms with Crippen LogP contribution in [0.1, 0.15) is 43.4 Å². The Balaban J connectivity index is 1.75. The molecule has 3 rings (SSSR count). The monoisotopic (exact) mass is 324 g/mol. The van der Waals surface area contributed by atoms with Crippen molar-refractivity contribution in [1.29, 1.82) is 0 Å². The first-order chi connectivity index (χ1) is 8.74. The number of thiophene rings is 1. The van der Waals surface area contributed by atoms with E-state index in [0.717, 1.165) is 22.9 Å². The molecule has 2 aliphatic carbocycles. The number of halogens is 1. The van der Waals surface area contributed by atoms with Crippen LogP contribution in [0.4, 0.5) is 0 Å². The number of carbonyl (C=O) groups excluding carboxylic acids is 1. The topological polar surface area (TPSA) is 17.1 Å². The van der Waals surface area contributed by atoms with Crippen LogP contribution >= 0.6 is 27.3 Å². The highest BCUT2D eigenvalue weighted by Crippen LogP contribution is 2.41. The fourth-order valence-electron chi connectivity index (χ4n) is 3.33. The van der Waals surface area contributed by atoms with Gasteiger partial charge < -0.3 is 0 Å². The first kappa shape index (κ1) is 12.6. The molecule has 0 amide bonds. The van der Waals surface area contributed by atoms with E-state index >= 15 is 0 Å². The van der Waals surface area contributed by atoms with Gasteiger partial charge in [0.1, 0.15) is 0 Å². The number of hydrogen-bond acceptors (Lipinski definition) is 2. The average molecular weight is 325 g/mol. The van der Waals surface area contributed by atoms with Gasteiger partial charge in [0, 0.05) is 20.6 Å². The summed E-state index contributed by atoms with van der Waals surface area (Å²) in [5.74, 6) is 1.45. The highest BCUT2D eigenvalue weighted by atomic mass is 79.9. The molecular formula is C15H17BrOS. The second-order valence-electron chi connectivity index (χ2n) is 5.39. The molecule has 1 aromatic rings. The van der Waals surface area contributed by atoms with Gasteiger partial charge in [-0.3, -0.25) is 4.79 Å². The Hall–Kier alpha value is -0.410. The molecule has 1 unspecified atom stereocenters. The maximum atomic E-state index is 12.4. The minimum absolute atomic E-state index is 0.335. The highest BCUT2D eigenvalue weighted by Gasteiger charge is 2.36. The Labute approximate surface area is 120 Å². The van der Waals surface area contributed by atoms with Crippen LogP contribution < -0.4 is 0 Å². The third-order valence-corrected chi connectivity index (χ3v) is 5.89. The summed E-state index contributed by atoms with van der Waals surface area (Å²) in [7, 11) is 0. The van der Waals surface area contributed by atoms with Gasteiger partial charge in [-0.2, -0.15) is 0 Å². The lowest BCUT2D eigenvalue weighted by atomic mass is 9.88. The van der Waals surface area contributed by atoms with Crippen molar-refractivity contribution in [1.82, 2.24) is 0 Å². The molecule has 2 aliphatic rings. The van der Waals surface area contributed by atoms with E-state index in [4.69, 9.17) is 0 Å². The van der Waals surface area contributed by atoms with Crippen molar-refractivity contribution in [2.75, 3.05) is 0 Å². The molecule has 18 heavy (non-hydrogen) atoms. The first-order valence-electron chi connectivity index (χ1n) is 6.73. The number of hydrogen-bond donors (Lipinski definition) is 0. The Morgan fingerprint density at radius 1 is 1.28 bits per heavy atom. The van der Waals surface area contributed by atoms with Crippen LogP contribution in [-0.4, -0.2) is 5.78 Å². The molecule has 96 valence electrons. The molecule has 0 N–H and O–H groups in total. The van der Waals surface area contributed by atoms with Crippen LogP contribution in [0.5, 0.6) is 0 Å². The Morgan fingerprint density at radius 3 is 2.72 bits per heavy atom. The van der Waals surface area contributed by atoms with E-state index in [1.54, 1.807) is 11.3 Å². The van der Waals surface area contributed by atoms with Gasteiger partial charge in [0.15, 0.2) is 5.78 Å². The molecule has 0 spiro atoms. The zero-order valence-corrected chi connectivity index (χ0v) is 12.7. The zero-order valence-electron chi connectivity index (χ0n) is 10.3. The van der Waals surface area contributed by atoms with Gasteiger partial charge in [0.2, 0.25) is 0 Å². The van der Waals surface area contributed by atoms with Crippen molar-refractivity contribution in [3.8, 4) is 0 Å². The number of rotatable bonds is 2. The third kappa shape index (κ3) is 2.48. The summed E-state index contributed by atoms with van der Waals surface area (Å²) >= 11 is 5.16. The predicted octanol–water partition coefficient (Wildman–Crippen LogP) is 5.06. The maximum absolute atomic E-state index is 12.4. The molecule has 0 saturated heterocycles. The lowest BCUT2D eigenvalue weighted by Crippen LogP contribution is -2.16. The van der Waals surface area contributed by atoms with Crippen LogP contribution in [0.2, 0.25) is 0 Å². The predicted molar refractivity (Wildman–Crippen MR) is 79.7 cm³/mol. The van der Waals surface area contributed by atoms with E-state index in [1.807, 2.05) is 0 Å². The van der Waals surface area contributed by atoms with Gasteiger partial charge in [0.25, 0.3) is 0 Å². The van der Waals surface area contributed by atoms with E-state index in [0.29, 0.717) is 17.6 Å². The van der Waals surface area contributed by atoms with Crippen molar-refractivity contribution < 1.29 is 4.79 Å². The van der Waals surface area contributed by atoms with Crippen LogP contribution in [0.15, 0.2) is 21.5 Å². The molecule has 2 saturated carbocycles. The molecule has 1 aromatic heterocycles. The summed E-state index contributed by atoms with van der Waals surface area (Å²) in [6.45, 7) is 0. The number of ketones is 1. The van der Waals surface area contributed by atoms with Crippen molar-refractivity contribution >= 4 is 39.1 Å². The Morgan fingerprint density at radius 2 is 2.06 bits per heavy atom. The first-order valence-corrected chi connectivity index (χ1v) is 8.40. The van der Waals surface area contributed by atoms with E-state index in [-0.39, 0.29) is 0 Å². The summed E-state index contributed by atoms with van der Waals surface area (Å²) in [6.07, 6.45) is 9.36. The molecule has 1 heterocycles. The van der Waals surface area contributed by atoms with Gasteiger partial charge in [-0.25, -0.2) is 0 Å². The van der Waals surface area contributed by atoms with Crippen LogP contribution in [0.25, 0.3) is 6.08 Å². The minimum Gasteiger partial charge on any atom is -0.294 e. The number of Topliss-reactive ketones (excluding diaryl/α,β-unsaturated/α-hetero) is 1. The highest BCUT2D eigenvalue weighted by molar-refractivity contribution is 9.10. The molecule has 1 nitrogen and oxygen atoms in total. The molecule has 3 heteroatoms. The number of allylic oxidation sites excluding steroid dienone is 1. The molecule has 1 atom stereocenters. The third-order valence-electron chi connectivity index (χ3n) is 4.25. The quantitative estimate of drug-likeness (QED) is 0.694. The second-order valence-corrected chi connectivity index (χ2v) is 7.25. The summed E-state index contributed by atoms with van der Waals surface area (Å²) in [5.41, 5.74) is 1.06. The van der Waals surface area contributed by atoms with Crippen LogP contribution in [0, 0.1) is 11.8 Å². The Kier molecular flexibility index (Phi) is 3.71. The molecule has 2 fully saturated rings. The fraction of sp³-hybridized carbons (Fsp3) is 0.533. The van der Waals surface area contributed by atoms with Crippen molar-refractivity contribution in [3.63, 3.8) is 0 Å². The van der Waals surface area contributed by atoms with E-state index in [9.17, 15) is 4.79 Å². The van der Waals surface area contributed by atoms with Crippen LogP contribution in [0.3, 0.4) is 0 Å². The van der Waals surface area contributed by atoms with E-state index < -0.39 is 0 Å². The molecule has 0 radical (unpaired) electrons. The van der Waals surface area contributed by atoms with Gasteiger partial charge in [-0.1, -0.05) is 12.8 Å². The summed E-state index contributed by atoms with van der Waals surface area (Å²) in [4.78, 5) is 13.6. The minimum atomic E-state index is 0.335. The van der Waals surface area contributed by atoms with Gasteiger partial charge >= 0.3 is 0 Å². The SMILES string of the molecule is O=C1C(=Cc2cc(Br)cs2)CCC1C1CCCC1. The maximum Gasteiger partial charge on any atom is 0.162 e. The fourth-order valence-corrected chi connectivity index (χ4v) is 4.73. The van der Waals surface area contributed by atoms with E-state index in [1.165, 1.54) is 30.6 Å². The largest absolute Gasteiger partial charge is 0.294 e. The zero-order chi connectivity index (χ0) is 12.5. The smallest absolute Gasteiger partial charge is 0.162 e. The van der Waals surface area contributed by atoms with E-state index in [2.05, 4.69) is 33.5 Å². The number of carbonyl (C=O) groups is 1. The normalized spacial score (nSPS) is 27.5. The standard InChI is InChI=1S/C15H17BrOS/c16-12-8-13(18-9-12)7-11-5-6-14(15(11)17)10-3-1-2-4-10/h7-10,14H,1-6H2. The second kappa shape index (κ2) is 5.30. The van der Waals surface area contributed by atoms with Gasteiger partial charge in [0.05, 0.1) is 0 Å². The summed E-state index contributed by atoms with van der Waals surface area (Å²) < 4.78 is 1.11. The summed E-state index contributed by atoms with van der Waals surface area (Å²) in [6, 6.07) is 2.09. The summed E-state index contributed by atoms with van der Waals surface area (Å²) in [5, 5.41) is 2.07. The average Bonchev–Trinajstić information content (AvgIpc) is 3.04. The van der Waals surface area contributed by atoms with Gasteiger partial charge in [-0.05, 0) is 65.2 Å². The molecule has 0 aromatic carbocycles. The Bertz CT molecular complexity index is 482. The van der Waals surface area contributed by atoms with Crippen LogP contribution in [-0.2, 0) is 4.79 Å².